The van der Waals surface area contributed by atoms with Crippen LogP contribution < -0.4 is 5.73 Å². The minimum Gasteiger partial charge on any atom is -0.340 e. The van der Waals surface area contributed by atoms with E-state index < -0.39 is 6.04 Å². The van der Waals surface area contributed by atoms with Gasteiger partial charge in [-0.05, 0) is 18.4 Å². The third-order valence-corrected chi connectivity index (χ3v) is 2.88. The number of carbonyl (C=O) groups excluding carboxylic acids is 1. The number of nitrogens with zero attached hydrogens (tertiary/aromatic N) is 1. The average Bonchev–Trinajstić information content (AvgIpc) is 2.26. The van der Waals surface area contributed by atoms with E-state index in [1.165, 1.54) is 5.56 Å². The van der Waals surface area contributed by atoms with E-state index in [1.807, 2.05) is 39.0 Å². The van der Waals surface area contributed by atoms with E-state index in [0.29, 0.717) is 6.54 Å². The number of hydrogen-bond donors (Lipinski definition) is 1. The van der Waals surface area contributed by atoms with Crippen molar-refractivity contribution in [1.29, 1.82) is 0 Å². The summed E-state index contributed by atoms with van der Waals surface area (Å²) in [5.41, 5.74) is 8.19. The van der Waals surface area contributed by atoms with Crippen LogP contribution >= 0.6 is 12.4 Å². The van der Waals surface area contributed by atoms with E-state index in [0.717, 1.165) is 5.56 Å². The van der Waals surface area contributed by atoms with Gasteiger partial charge in [0.1, 0.15) is 0 Å². The Morgan fingerprint density at radius 3 is 2.50 bits per heavy atom. The van der Waals surface area contributed by atoms with Crippen molar-refractivity contribution in [3.63, 3.8) is 0 Å². The van der Waals surface area contributed by atoms with Crippen LogP contribution in [0.5, 0.6) is 0 Å². The van der Waals surface area contributed by atoms with Crippen LogP contribution in [0, 0.1) is 12.8 Å². The largest absolute Gasteiger partial charge is 0.340 e. The Labute approximate surface area is 116 Å². The molecule has 0 radical (unpaired) electrons. The molecule has 0 aliphatic carbocycles. The van der Waals surface area contributed by atoms with E-state index in [1.54, 1.807) is 11.9 Å². The van der Waals surface area contributed by atoms with Gasteiger partial charge in [-0.15, -0.1) is 12.4 Å². The molecular formula is C14H23ClN2O. The normalized spacial score (nSPS) is 11.9. The maximum atomic E-state index is 12.0. The van der Waals surface area contributed by atoms with E-state index >= 15 is 0 Å². The molecule has 2 N–H and O–H groups in total. The van der Waals surface area contributed by atoms with Crippen LogP contribution in [-0.4, -0.2) is 23.9 Å². The summed E-state index contributed by atoms with van der Waals surface area (Å²) in [4.78, 5) is 13.7. The zero-order chi connectivity index (χ0) is 13.0. The number of likely N-dealkylation sites (N-methyl/N-ethyl adjacent to an activating group) is 1. The molecule has 0 bridgehead atoms. The Hall–Kier alpha value is -1.06. The molecular weight excluding hydrogens is 248 g/mol. The van der Waals surface area contributed by atoms with Crippen molar-refractivity contribution in [2.75, 3.05) is 7.05 Å². The number of hydrogen-bond acceptors (Lipinski definition) is 2. The van der Waals surface area contributed by atoms with Crippen LogP contribution in [0.1, 0.15) is 25.0 Å². The van der Waals surface area contributed by atoms with Gasteiger partial charge in [0.2, 0.25) is 5.91 Å². The number of carbonyl (C=O) groups is 1. The van der Waals surface area contributed by atoms with Gasteiger partial charge < -0.3 is 10.6 Å². The highest BCUT2D eigenvalue weighted by Crippen LogP contribution is 2.09. The molecule has 18 heavy (non-hydrogen) atoms. The topological polar surface area (TPSA) is 46.3 Å². The summed E-state index contributed by atoms with van der Waals surface area (Å²) in [5, 5.41) is 0. The number of aryl methyl sites for hydroxylation is 1. The minimum absolute atomic E-state index is 0. The first kappa shape index (κ1) is 16.9. The number of benzene rings is 1. The zero-order valence-corrected chi connectivity index (χ0v) is 12.3. The first-order chi connectivity index (χ1) is 7.91. The Balaban J connectivity index is 0.00000289. The molecule has 0 aromatic heterocycles. The second-order valence-corrected chi connectivity index (χ2v) is 4.95. The number of rotatable bonds is 4. The third-order valence-electron chi connectivity index (χ3n) is 2.88. The lowest BCUT2D eigenvalue weighted by atomic mass is 10.0. The van der Waals surface area contributed by atoms with Crippen molar-refractivity contribution in [3.05, 3.63) is 35.4 Å². The van der Waals surface area contributed by atoms with Crippen LogP contribution in [-0.2, 0) is 11.3 Å². The van der Waals surface area contributed by atoms with Crippen LogP contribution in [0.2, 0.25) is 0 Å². The molecule has 0 aliphatic heterocycles. The minimum atomic E-state index is -0.412. The lowest BCUT2D eigenvalue weighted by Gasteiger charge is -2.23. The molecule has 1 aromatic rings. The summed E-state index contributed by atoms with van der Waals surface area (Å²) in [7, 11) is 1.80. The molecule has 0 fully saturated rings. The van der Waals surface area contributed by atoms with Gasteiger partial charge >= 0.3 is 0 Å². The quantitative estimate of drug-likeness (QED) is 0.913. The Kier molecular flexibility index (Phi) is 6.96. The molecule has 3 nitrogen and oxygen atoms in total. The molecule has 1 amide bonds. The molecule has 102 valence electrons. The smallest absolute Gasteiger partial charge is 0.239 e. The molecule has 0 aliphatic rings. The molecule has 1 aromatic carbocycles. The molecule has 0 saturated heterocycles. The van der Waals surface area contributed by atoms with Crippen LogP contribution in [0.4, 0.5) is 0 Å². The Morgan fingerprint density at radius 1 is 1.39 bits per heavy atom. The van der Waals surface area contributed by atoms with E-state index in [2.05, 4.69) is 6.07 Å². The fraction of sp³-hybridized carbons (Fsp3) is 0.500. The highest BCUT2D eigenvalue weighted by atomic mass is 35.5. The molecule has 1 atom stereocenters. The molecule has 0 heterocycles. The Morgan fingerprint density at radius 2 is 2.00 bits per heavy atom. The Bertz CT molecular complexity index is 393. The van der Waals surface area contributed by atoms with Gasteiger partial charge in [0.05, 0.1) is 6.04 Å². The lowest BCUT2D eigenvalue weighted by molar-refractivity contribution is -0.132. The van der Waals surface area contributed by atoms with Gasteiger partial charge in [0.25, 0.3) is 0 Å². The molecule has 4 heteroatoms. The van der Waals surface area contributed by atoms with Crippen molar-refractivity contribution in [1.82, 2.24) is 4.90 Å². The number of amides is 1. The number of halogens is 1. The first-order valence-electron chi connectivity index (χ1n) is 5.98. The fourth-order valence-corrected chi connectivity index (χ4v) is 1.70. The van der Waals surface area contributed by atoms with Gasteiger partial charge in [-0.2, -0.15) is 0 Å². The second-order valence-electron chi connectivity index (χ2n) is 4.95. The maximum Gasteiger partial charge on any atom is 0.239 e. The van der Waals surface area contributed by atoms with Gasteiger partial charge in [0.15, 0.2) is 0 Å². The summed E-state index contributed by atoms with van der Waals surface area (Å²) in [6.07, 6.45) is 0. The van der Waals surface area contributed by atoms with Gasteiger partial charge in [0, 0.05) is 13.6 Å². The highest BCUT2D eigenvalue weighted by Gasteiger charge is 2.20. The predicted octanol–water partition coefficient (Wildman–Crippen LogP) is 2.36. The van der Waals surface area contributed by atoms with Crippen molar-refractivity contribution in [2.45, 2.75) is 33.4 Å². The van der Waals surface area contributed by atoms with Gasteiger partial charge in [-0.25, -0.2) is 0 Å². The van der Waals surface area contributed by atoms with Crippen molar-refractivity contribution < 1.29 is 4.79 Å². The molecule has 0 spiro atoms. The SMILES string of the molecule is Cc1cccc(CN(C)C(=O)[C@@H](N)C(C)C)c1.Cl. The van der Waals surface area contributed by atoms with Crippen molar-refractivity contribution >= 4 is 18.3 Å². The van der Waals surface area contributed by atoms with Crippen molar-refractivity contribution in [3.8, 4) is 0 Å². The first-order valence-corrected chi connectivity index (χ1v) is 5.98. The van der Waals surface area contributed by atoms with Crippen molar-refractivity contribution in [2.24, 2.45) is 11.7 Å². The summed E-state index contributed by atoms with van der Waals surface area (Å²) in [6, 6.07) is 7.75. The van der Waals surface area contributed by atoms with Gasteiger partial charge in [-0.1, -0.05) is 43.7 Å². The van der Waals surface area contributed by atoms with E-state index in [9.17, 15) is 4.79 Å². The van der Waals surface area contributed by atoms with Crippen LogP contribution in [0.25, 0.3) is 0 Å². The second kappa shape index (κ2) is 7.39. The summed E-state index contributed by atoms with van der Waals surface area (Å²) < 4.78 is 0. The molecule has 0 unspecified atom stereocenters. The maximum absolute atomic E-state index is 12.0. The van der Waals surface area contributed by atoms with Crippen LogP contribution in [0.3, 0.4) is 0 Å². The standard InChI is InChI=1S/C14H22N2O.ClH/c1-10(2)13(15)14(17)16(4)9-12-7-5-6-11(3)8-12;/h5-8,10,13H,9,15H2,1-4H3;1H/t13-;/m0./s1. The van der Waals surface area contributed by atoms with E-state index in [4.69, 9.17) is 5.73 Å². The zero-order valence-electron chi connectivity index (χ0n) is 11.5. The average molecular weight is 271 g/mol. The summed E-state index contributed by atoms with van der Waals surface area (Å²) in [6.45, 7) is 6.58. The predicted molar refractivity (Wildman–Crippen MR) is 77.7 cm³/mol. The number of nitrogens with two attached hydrogens (primary N) is 1. The van der Waals surface area contributed by atoms with Crippen LogP contribution in [0.15, 0.2) is 24.3 Å². The highest BCUT2D eigenvalue weighted by molar-refractivity contribution is 5.85. The molecule has 0 saturated carbocycles. The summed E-state index contributed by atoms with van der Waals surface area (Å²) >= 11 is 0. The van der Waals surface area contributed by atoms with Gasteiger partial charge in [-0.3, -0.25) is 4.79 Å². The lowest BCUT2D eigenvalue weighted by Crippen LogP contribution is -2.44. The monoisotopic (exact) mass is 270 g/mol. The summed E-state index contributed by atoms with van der Waals surface area (Å²) in [5.74, 6) is 0.170. The molecule has 1 rings (SSSR count). The fourth-order valence-electron chi connectivity index (χ4n) is 1.70. The van der Waals surface area contributed by atoms with E-state index in [-0.39, 0.29) is 24.2 Å². The third kappa shape index (κ3) is 4.67.